The lowest BCUT2D eigenvalue weighted by Crippen LogP contribution is -2.03. The minimum atomic E-state index is -0.236. The number of aldehydes is 1. The fraction of sp³-hybridized carbons (Fsp3) is 0. The number of hydrogen-bond acceptors (Lipinski definition) is 2. The molecule has 0 fully saturated rings. The molecule has 18 heavy (non-hydrogen) atoms. The van der Waals surface area contributed by atoms with Crippen LogP contribution < -0.4 is 0 Å². The molecule has 0 aromatic heterocycles. The zero-order valence-electron chi connectivity index (χ0n) is 9.19. The van der Waals surface area contributed by atoms with Crippen molar-refractivity contribution in [3.8, 4) is 0 Å². The Morgan fingerprint density at radius 3 is 2.28 bits per heavy atom. The Kier molecular flexibility index (Phi) is 3.80. The number of halogens is 2. The summed E-state index contributed by atoms with van der Waals surface area (Å²) in [6, 6.07) is 11.7. The van der Waals surface area contributed by atoms with Gasteiger partial charge in [-0.25, -0.2) is 0 Å². The van der Waals surface area contributed by atoms with Gasteiger partial charge in [-0.15, -0.1) is 0 Å². The van der Waals surface area contributed by atoms with Crippen LogP contribution in [0.15, 0.2) is 42.5 Å². The largest absolute Gasteiger partial charge is 0.298 e. The van der Waals surface area contributed by atoms with Crippen molar-refractivity contribution in [3.05, 3.63) is 69.2 Å². The topological polar surface area (TPSA) is 34.1 Å². The van der Waals surface area contributed by atoms with Crippen LogP contribution in [0.2, 0.25) is 10.0 Å². The van der Waals surface area contributed by atoms with Crippen molar-refractivity contribution in [2.45, 2.75) is 0 Å². The zero-order valence-corrected chi connectivity index (χ0v) is 10.7. The molecule has 0 N–H and O–H groups in total. The summed E-state index contributed by atoms with van der Waals surface area (Å²) in [4.78, 5) is 23.1. The predicted octanol–water partition coefficient (Wildman–Crippen LogP) is 4.04. The van der Waals surface area contributed by atoms with Gasteiger partial charge in [-0.2, -0.15) is 0 Å². The van der Waals surface area contributed by atoms with Crippen LogP contribution in [0.5, 0.6) is 0 Å². The van der Waals surface area contributed by atoms with Crippen LogP contribution >= 0.6 is 23.2 Å². The first-order valence-corrected chi connectivity index (χ1v) is 5.93. The molecule has 0 heterocycles. The quantitative estimate of drug-likeness (QED) is 0.627. The van der Waals surface area contributed by atoms with Crippen molar-refractivity contribution in [2.75, 3.05) is 0 Å². The van der Waals surface area contributed by atoms with Crippen LogP contribution in [0, 0.1) is 0 Å². The maximum absolute atomic E-state index is 12.2. The number of rotatable bonds is 3. The number of ketones is 1. The molecule has 90 valence electrons. The summed E-state index contributed by atoms with van der Waals surface area (Å²) in [5.74, 6) is -0.236. The molecule has 0 atom stereocenters. The SMILES string of the molecule is O=Cc1c(Cl)ccc(C(=O)c2ccccc2)c1Cl. The van der Waals surface area contributed by atoms with Crippen LogP contribution in [-0.2, 0) is 0 Å². The molecule has 0 unspecified atom stereocenters. The molecule has 0 bridgehead atoms. The average Bonchev–Trinajstić information content (AvgIpc) is 2.40. The Morgan fingerprint density at radius 2 is 1.67 bits per heavy atom. The van der Waals surface area contributed by atoms with Crippen LogP contribution in [0.25, 0.3) is 0 Å². The molecule has 0 amide bonds. The number of benzene rings is 2. The van der Waals surface area contributed by atoms with Gasteiger partial charge in [0.2, 0.25) is 0 Å². The molecule has 4 heteroatoms. The molecule has 0 radical (unpaired) electrons. The van der Waals surface area contributed by atoms with Gasteiger partial charge >= 0.3 is 0 Å². The van der Waals surface area contributed by atoms with E-state index < -0.39 is 0 Å². The second-order valence-corrected chi connectivity index (χ2v) is 4.42. The fourth-order valence-corrected chi connectivity index (χ4v) is 2.14. The molecule has 2 nitrogen and oxygen atoms in total. The molecule has 2 aromatic carbocycles. The molecule has 2 aromatic rings. The van der Waals surface area contributed by atoms with E-state index in [1.165, 1.54) is 12.1 Å². The van der Waals surface area contributed by atoms with Crippen molar-refractivity contribution in [1.29, 1.82) is 0 Å². The summed E-state index contributed by atoms with van der Waals surface area (Å²) in [6.07, 6.45) is 0.548. The Balaban J connectivity index is 2.53. The van der Waals surface area contributed by atoms with Gasteiger partial charge in [0.1, 0.15) is 0 Å². The van der Waals surface area contributed by atoms with E-state index in [0.29, 0.717) is 11.8 Å². The highest BCUT2D eigenvalue weighted by molar-refractivity contribution is 6.41. The molecule has 0 aliphatic carbocycles. The third-order valence-electron chi connectivity index (χ3n) is 2.53. The maximum atomic E-state index is 12.2. The maximum Gasteiger partial charge on any atom is 0.194 e. The van der Waals surface area contributed by atoms with Crippen LogP contribution in [0.3, 0.4) is 0 Å². The molecular weight excluding hydrogens is 271 g/mol. The van der Waals surface area contributed by atoms with Gasteiger partial charge in [-0.3, -0.25) is 9.59 Å². The normalized spacial score (nSPS) is 10.1. The highest BCUT2D eigenvalue weighted by atomic mass is 35.5. The van der Waals surface area contributed by atoms with Gasteiger partial charge in [0.15, 0.2) is 12.1 Å². The Hall–Kier alpha value is -1.64. The van der Waals surface area contributed by atoms with E-state index in [1.807, 2.05) is 6.07 Å². The molecule has 2 rings (SSSR count). The monoisotopic (exact) mass is 278 g/mol. The minimum absolute atomic E-state index is 0.0892. The molecular formula is C14H8Cl2O2. The number of hydrogen-bond donors (Lipinski definition) is 0. The molecule has 0 aliphatic heterocycles. The summed E-state index contributed by atoms with van der Waals surface area (Å²) in [7, 11) is 0. The van der Waals surface area contributed by atoms with Crippen LogP contribution in [0.1, 0.15) is 26.3 Å². The summed E-state index contributed by atoms with van der Waals surface area (Å²) in [5, 5.41) is 0.325. The summed E-state index contributed by atoms with van der Waals surface area (Å²) in [5.41, 5.74) is 0.924. The summed E-state index contributed by atoms with van der Waals surface area (Å²) < 4.78 is 0. The van der Waals surface area contributed by atoms with E-state index in [1.54, 1.807) is 24.3 Å². The summed E-state index contributed by atoms with van der Waals surface area (Å²) in [6.45, 7) is 0. The van der Waals surface area contributed by atoms with Gasteiger partial charge in [-0.05, 0) is 12.1 Å². The Morgan fingerprint density at radius 1 is 1.00 bits per heavy atom. The van der Waals surface area contributed by atoms with Crippen LogP contribution in [-0.4, -0.2) is 12.1 Å². The average molecular weight is 279 g/mol. The lowest BCUT2D eigenvalue weighted by molar-refractivity contribution is 0.103. The molecule has 0 saturated carbocycles. The summed E-state index contributed by atoms with van der Waals surface area (Å²) >= 11 is 11.8. The Labute approximate surface area is 114 Å². The number of carbonyl (C=O) groups excluding carboxylic acids is 2. The molecule has 0 aliphatic rings. The first-order valence-electron chi connectivity index (χ1n) is 5.18. The van der Waals surface area contributed by atoms with Crippen LogP contribution in [0.4, 0.5) is 0 Å². The van der Waals surface area contributed by atoms with E-state index in [0.717, 1.165) is 0 Å². The number of carbonyl (C=O) groups is 2. The lowest BCUT2D eigenvalue weighted by Gasteiger charge is -2.06. The first kappa shape index (κ1) is 12.8. The van der Waals surface area contributed by atoms with E-state index in [9.17, 15) is 9.59 Å². The van der Waals surface area contributed by atoms with E-state index >= 15 is 0 Å². The van der Waals surface area contributed by atoms with Gasteiger partial charge in [0.05, 0.1) is 15.6 Å². The lowest BCUT2D eigenvalue weighted by atomic mass is 10.0. The van der Waals surface area contributed by atoms with Gasteiger partial charge < -0.3 is 0 Å². The smallest absolute Gasteiger partial charge is 0.194 e. The van der Waals surface area contributed by atoms with E-state index in [4.69, 9.17) is 23.2 Å². The van der Waals surface area contributed by atoms with Crippen molar-refractivity contribution in [1.82, 2.24) is 0 Å². The zero-order chi connectivity index (χ0) is 13.1. The van der Waals surface area contributed by atoms with Crippen molar-refractivity contribution >= 4 is 35.3 Å². The predicted molar refractivity (Wildman–Crippen MR) is 71.7 cm³/mol. The van der Waals surface area contributed by atoms with Gasteiger partial charge in [-0.1, -0.05) is 53.5 Å². The third-order valence-corrected chi connectivity index (χ3v) is 3.26. The highest BCUT2D eigenvalue weighted by Gasteiger charge is 2.16. The minimum Gasteiger partial charge on any atom is -0.298 e. The standard InChI is InChI=1S/C14H8Cl2O2/c15-12-7-6-10(13(16)11(12)8-17)14(18)9-4-2-1-3-5-9/h1-8H. The molecule has 0 spiro atoms. The van der Waals surface area contributed by atoms with E-state index in [-0.39, 0.29) is 27.0 Å². The third kappa shape index (κ3) is 2.30. The Bertz CT molecular complexity index is 607. The van der Waals surface area contributed by atoms with Gasteiger partial charge in [0, 0.05) is 11.1 Å². The fourth-order valence-electron chi connectivity index (χ4n) is 1.60. The second-order valence-electron chi connectivity index (χ2n) is 3.64. The van der Waals surface area contributed by atoms with Gasteiger partial charge in [0.25, 0.3) is 0 Å². The van der Waals surface area contributed by atoms with Crippen molar-refractivity contribution in [2.24, 2.45) is 0 Å². The van der Waals surface area contributed by atoms with E-state index in [2.05, 4.69) is 0 Å². The second kappa shape index (κ2) is 5.34. The van der Waals surface area contributed by atoms with Crippen molar-refractivity contribution < 1.29 is 9.59 Å². The van der Waals surface area contributed by atoms with Crippen molar-refractivity contribution in [3.63, 3.8) is 0 Å². The first-order chi connectivity index (χ1) is 8.65. The highest BCUT2D eigenvalue weighted by Crippen LogP contribution is 2.28. The molecule has 0 saturated heterocycles.